The summed E-state index contributed by atoms with van der Waals surface area (Å²) in [6.07, 6.45) is 2.14. The van der Waals surface area contributed by atoms with Crippen LogP contribution >= 0.6 is 0 Å². The molecule has 1 aliphatic rings. The lowest BCUT2D eigenvalue weighted by molar-refractivity contribution is -0.0407. The highest BCUT2D eigenvalue weighted by Gasteiger charge is 2.22. The molecule has 0 amide bonds. The van der Waals surface area contributed by atoms with Gasteiger partial charge in [-0.1, -0.05) is 0 Å². The van der Waals surface area contributed by atoms with Gasteiger partial charge in [0.2, 0.25) is 5.78 Å². The van der Waals surface area contributed by atoms with Crippen LogP contribution in [0.5, 0.6) is 0 Å². The van der Waals surface area contributed by atoms with Gasteiger partial charge in [-0.15, -0.1) is 0 Å². The van der Waals surface area contributed by atoms with Crippen LogP contribution in [-0.2, 0) is 9.47 Å². The van der Waals surface area contributed by atoms with Crippen LogP contribution in [0.2, 0.25) is 0 Å². The monoisotopic (exact) mass is 260 g/mol. The van der Waals surface area contributed by atoms with Gasteiger partial charge < -0.3 is 13.9 Å². The van der Waals surface area contributed by atoms with E-state index in [1.165, 1.54) is 42.9 Å². The van der Waals surface area contributed by atoms with Gasteiger partial charge in [0.25, 0.3) is 6.29 Å². The normalized spacial score (nSPS) is 14.2. The molecule has 1 aliphatic heterocycles. The van der Waals surface area contributed by atoms with Crippen molar-refractivity contribution >= 4 is 5.78 Å². The molecule has 0 saturated heterocycles. The molecule has 0 bridgehead atoms. The van der Waals surface area contributed by atoms with Crippen molar-refractivity contribution in [2.75, 3.05) is 0 Å². The predicted octanol–water partition coefficient (Wildman–Crippen LogP) is 3.17. The largest absolute Gasteiger partial charge is 0.452 e. The highest BCUT2D eigenvalue weighted by Crippen LogP contribution is 2.26. The van der Waals surface area contributed by atoms with Gasteiger partial charge in [0.15, 0.2) is 11.5 Å². The fourth-order valence-corrected chi connectivity index (χ4v) is 1.72. The highest BCUT2D eigenvalue weighted by molar-refractivity contribution is 6.07. The van der Waals surface area contributed by atoms with Crippen LogP contribution in [0.25, 0.3) is 0 Å². The van der Waals surface area contributed by atoms with Crippen molar-refractivity contribution in [2.45, 2.75) is 6.29 Å². The summed E-state index contributed by atoms with van der Waals surface area (Å²) in [7, 11) is 0. The second kappa shape index (κ2) is 4.61. The maximum absolute atomic E-state index is 12.8. The molecule has 0 unspecified atom stereocenters. The molecule has 3 rings (SSSR count). The number of ether oxygens (including phenoxy) is 2. The van der Waals surface area contributed by atoms with Gasteiger partial charge in [0.1, 0.15) is 18.3 Å². The summed E-state index contributed by atoms with van der Waals surface area (Å²) in [4.78, 5) is 12.1. The fourth-order valence-electron chi connectivity index (χ4n) is 1.72. The average Bonchev–Trinajstić information content (AvgIpc) is 3.10. The van der Waals surface area contributed by atoms with Gasteiger partial charge in [0.05, 0.1) is 0 Å². The van der Waals surface area contributed by atoms with E-state index in [1.807, 2.05) is 0 Å². The summed E-state index contributed by atoms with van der Waals surface area (Å²) < 4.78 is 28.4. The summed E-state index contributed by atoms with van der Waals surface area (Å²) in [5.74, 6) is -0.163. The minimum atomic E-state index is -0.658. The highest BCUT2D eigenvalue weighted by atomic mass is 19.1. The van der Waals surface area contributed by atoms with E-state index in [2.05, 4.69) is 0 Å². The molecule has 0 N–H and O–H groups in total. The van der Waals surface area contributed by atoms with Crippen molar-refractivity contribution in [3.63, 3.8) is 0 Å². The summed E-state index contributed by atoms with van der Waals surface area (Å²) in [6.45, 7) is 0. The topological polar surface area (TPSA) is 48.7 Å². The van der Waals surface area contributed by atoms with Crippen molar-refractivity contribution in [3.8, 4) is 0 Å². The van der Waals surface area contributed by atoms with Crippen LogP contribution in [0.15, 0.2) is 53.3 Å². The first-order chi connectivity index (χ1) is 9.24. The first kappa shape index (κ1) is 11.5. The van der Waals surface area contributed by atoms with E-state index in [-0.39, 0.29) is 11.5 Å². The zero-order chi connectivity index (χ0) is 13.2. The second-order valence-corrected chi connectivity index (χ2v) is 3.91. The summed E-state index contributed by atoms with van der Waals surface area (Å²) in [5, 5.41) is 0. The van der Waals surface area contributed by atoms with E-state index in [0.29, 0.717) is 11.3 Å². The number of halogens is 1. The molecular weight excluding hydrogens is 251 g/mol. The lowest BCUT2D eigenvalue weighted by Gasteiger charge is -2.05. The van der Waals surface area contributed by atoms with Crippen LogP contribution in [-0.4, -0.2) is 5.78 Å². The van der Waals surface area contributed by atoms with Gasteiger partial charge >= 0.3 is 0 Å². The molecule has 0 radical (unpaired) electrons. The molecule has 19 heavy (non-hydrogen) atoms. The number of furan rings is 1. The van der Waals surface area contributed by atoms with Crippen molar-refractivity contribution < 1.29 is 23.1 Å². The number of benzene rings is 1. The number of carbonyl (C=O) groups excluding carboxylic acids is 1. The Labute approximate surface area is 108 Å². The molecule has 0 aliphatic carbocycles. The molecule has 0 fully saturated rings. The van der Waals surface area contributed by atoms with Crippen molar-refractivity contribution in [1.82, 2.24) is 0 Å². The van der Waals surface area contributed by atoms with Gasteiger partial charge in [-0.2, -0.15) is 0 Å². The minimum Gasteiger partial charge on any atom is -0.452 e. The van der Waals surface area contributed by atoms with E-state index in [9.17, 15) is 9.18 Å². The predicted molar refractivity (Wildman–Crippen MR) is 62.6 cm³/mol. The molecule has 1 aromatic carbocycles. The lowest BCUT2D eigenvalue weighted by atomic mass is 10.1. The van der Waals surface area contributed by atoms with E-state index in [1.54, 1.807) is 6.07 Å². The van der Waals surface area contributed by atoms with Gasteiger partial charge in [-0.05, 0) is 36.4 Å². The standard InChI is InChI=1S/C14H9FO4/c15-10-3-1-9(2-4-10)13(16)11-5-6-12(19-11)14-17-7-8-18-14/h1-8,14H. The minimum absolute atomic E-state index is 0.153. The lowest BCUT2D eigenvalue weighted by Crippen LogP contribution is -2.00. The number of carbonyl (C=O) groups is 1. The summed E-state index contributed by atoms with van der Waals surface area (Å²) in [5.41, 5.74) is 0.355. The molecule has 2 aromatic rings. The Morgan fingerprint density at radius 1 is 1.00 bits per heavy atom. The smallest absolute Gasteiger partial charge is 0.299 e. The number of ketones is 1. The molecule has 2 heterocycles. The molecular formula is C14H9FO4. The maximum atomic E-state index is 12.8. The molecule has 0 spiro atoms. The average molecular weight is 260 g/mol. The van der Waals surface area contributed by atoms with Crippen LogP contribution < -0.4 is 0 Å². The van der Waals surface area contributed by atoms with E-state index in [0.717, 1.165) is 0 Å². The Morgan fingerprint density at radius 2 is 1.68 bits per heavy atom. The van der Waals surface area contributed by atoms with Crippen molar-refractivity contribution in [3.05, 3.63) is 71.8 Å². The van der Waals surface area contributed by atoms with E-state index in [4.69, 9.17) is 13.9 Å². The Bertz CT molecular complexity index is 619. The quantitative estimate of drug-likeness (QED) is 0.795. The maximum Gasteiger partial charge on any atom is 0.299 e. The third kappa shape index (κ3) is 2.22. The Kier molecular flexibility index (Phi) is 2.79. The molecule has 0 atom stereocenters. The molecule has 5 heteroatoms. The number of hydrogen-bond donors (Lipinski definition) is 0. The molecule has 1 aromatic heterocycles. The third-order valence-electron chi connectivity index (χ3n) is 2.65. The molecule has 0 saturated carbocycles. The van der Waals surface area contributed by atoms with E-state index >= 15 is 0 Å². The van der Waals surface area contributed by atoms with E-state index < -0.39 is 12.1 Å². The Balaban J connectivity index is 1.82. The van der Waals surface area contributed by atoms with Crippen molar-refractivity contribution in [1.29, 1.82) is 0 Å². The van der Waals surface area contributed by atoms with Gasteiger partial charge in [-0.3, -0.25) is 4.79 Å². The van der Waals surface area contributed by atoms with Crippen LogP contribution in [0, 0.1) is 5.82 Å². The number of rotatable bonds is 3. The molecule has 4 nitrogen and oxygen atoms in total. The Morgan fingerprint density at radius 3 is 2.37 bits per heavy atom. The third-order valence-corrected chi connectivity index (χ3v) is 2.65. The van der Waals surface area contributed by atoms with Gasteiger partial charge in [-0.25, -0.2) is 4.39 Å². The summed E-state index contributed by atoms with van der Waals surface area (Å²) >= 11 is 0. The molecule has 96 valence electrons. The first-order valence-corrected chi connectivity index (χ1v) is 5.60. The number of hydrogen-bond acceptors (Lipinski definition) is 4. The summed E-state index contributed by atoms with van der Waals surface area (Å²) in [6, 6.07) is 8.41. The van der Waals surface area contributed by atoms with Crippen LogP contribution in [0.1, 0.15) is 28.2 Å². The SMILES string of the molecule is O=C(c1ccc(F)cc1)c1ccc(C2OC=CO2)o1. The second-order valence-electron chi connectivity index (χ2n) is 3.91. The van der Waals surface area contributed by atoms with Crippen LogP contribution in [0.3, 0.4) is 0 Å². The van der Waals surface area contributed by atoms with Gasteiger partial charge in [0, 0.05) is 5.56 Å². The Hall–Kier alpha value is -2.56. The zero-order valence-electron chi connectivity index (χ0n) is 9.71. The fraction of sp³-hybridized carbons (Fsp3) is 0.0714. The zero-order valence-corrected chi connectivity index (χ0v) is 9.71. The van der Waals surface area contributed by atoms with Crippen molar-refractivity contribution in [2.24, 2.45) is 0 Å². The van der Waals surface area contributed by atoms with Crippen LogP contribution in [0.4, 0.5) is 4.39 Å². The first-order valence-electron chi connectivity index (χ1n) is 5.60.